The Hall–Kier alpha value is -3.00. The molecule has 0 fully saturated rings. The molecule has 0 unspecified atom stereocenters. The zero-order chi connectivity index (χ0) is 18.8. The first-order chi connectivity index (χ1) is 13.2. The Labute approximate surface area is 160 Å². The van der Waals surface area contributed by atoms with Gasteiger partial charge >= 0.3 is 0 Å². The number of nitrogens with zero attached hydrogens (tertiary/aromatic N) is 3. The Morgan fingerprint density at radius 1 is 1.22 bits per heavy atom. The summed E-state index contributed by atoms with van der Waals surface area (Å²) >= 11 is 1.50. The summed E-state index contributed by atoms with van der Waals surface area (Å²) in [5.41, 5.74) is 3.03. The molecular weight excluding hydrogens is 364 g/mol. The van der Waals surface area contributed by atoms with Crippen LogP contribution in [0.1, 0.15) is 18.7 Å². The number of fused-ring (bicyclic) bond motifs is 3. The van der Waals surface area contributed by atoms with E-state index in [0.29, 0.717) is 22.5 Å². The van der Waals surface area contributed by atoms with E-state index in [4.69, 9.17) is 9.47 Å². The molecule has 1 aromatic heterocycles. The molecule has 0 radical (unpaired) electrons. The summed E-state index contributed by atoms with van der Waals surface area (Å²) < 4.78 is 11.3. The van der Waals surface area contributed by atoms with Crippen LogP contribution in [0.3, 0.4) is 0 Å². The third kappa shape index (κ3) is 3.35. The number of methoxy groups -OCH3 is 1. The average Bonchev–Trinajstić information content (AvgIpc) is 2.84. The Morgan fingerprint density at radius 3 is 2.85 bits per heavy atom. The minimum Gasteiger partial charge on any atom is -0.504 e. The molecule has 2 aromatic carbocycles. The van der Waals surface area contributed by atoms with E-state index >= 15 is 0 Å². The molecular formula is C19H18N4O3S. The minimum atomic E-state index is -0.555. The van der Waals surface area contributed by atoms with Crippen molar-refractivity contribution in [2.24, 2.45) is 0 Å². The van der Waals surface area contributed by atoms with Gasteiger partial charge in [-0.2, -0.15) is 4.98 Å². The first-order valence-electron chi connectivity index (χ1n) is 8.46. The normalized spacial score (nSPS) is 15.0. The van der Waals surface area contributed by atoms with Gasteiger partial charge in [0.05, 0.1) is 7.11 Å². The third-order valence-corrected chi connectivity index (χ3v) is 4.83. The molecule has 1 atom stereocenters. The molecule has 7 nitrogen and oxygen atoms in total. The van der Waals surface area contributed by atoms with Crippen LogP contribution in [0.2, 0.25) is 0 Å². The van der Waals surface area contributed by atoms with E-state index in [1.807, 2.05) is 37.3 Å². The van der Waals surface area contributed by atoms with Gasteiger partial charge in [0.15, 0.2) is 23.4 Å². The van der Waals surface area contributed by atoms with Gasteiger partial charge in [-0.15, -0.1) is 10.2 Å². The zero-order valence-corrected chi connectivity index (χ0v) is 15.7. The highest BCUT2D eigenvalue weighted by Crippen LogP contribution is 2.40. The second-order valence-corrected chi connectivity index (χ2v) is 7.03. The standard InChI is InChI=1S/C19H18N4O3S/c1-3-27-19-21-18-16(22-23-19)12-6-4-5-7-13(12)20-17(26-18)11-8-9-15(25-2)14(24)10-11/h4-10,17,20,24H,3H2,1-2H3/t17-/m1/s1. The van der Waals surface area contributed by atoms with Gasteiger partial charge in [-0.1, -0.05) is 36.9 Å². The van der Waals surface area contributed by atoms with Crippen molar-refractivity contribution < 1.29 is 14.6 Å². The van der Waals surface area contributed by atoms with Gasteiger partial charge in [-0.05, 0) is 30.0 Å². The highest BCUT2D eigenvalue weighted by molar-refractivity contribution is 7.99. The highest BCUT2D eigenvalue weighted by Gasteiger charge is 2.26. The largest absolute Gasteiger partial charge is 0.504 e. The topological polar surface area (TPSA) is 89.4 Å². The number of nitrogens with one attached hydrogen (secondary N) is 1. The van der Waals surface area contributed by atoms with Crippen LogP contribution in [0.25, 0.3) is 11.3 Å². The Bertz CT molecular complexity index is 983. The lowest BCUT2D eigenvalue weighted by molar-refractivity contribution is 0.224. The molecule has 3 aromatic rings. The van der Waals surface area contributed by atoms with Crippen LogP contribution >= 0.6 is 11.8 Å². The van der Waals surface area contributed by atoms with Crippen LogP contribution in [0.5, 0.6) is 17.4 Å². The number of phenolic OH excluding ortho intramolecular Hbond substituents is 1. The monoisotopic (exact) mass is 382 g/mol. The van der Waals surface area contributed by atoms with Crippen molar-refractivity contribution in [3.05, 3.63) is 48.0 Å². The Balaban J connectivity index is 1.80. The van der Waals surface area contributed by atoms with E-state index in [0.717, 1.165) is 22.6 Å². The molecule has 0 bridgehead atoms. The number of hydrogen-bond donors (Lipinski definition) is 2. The Morgan fingerprint density at radius 2 is 2.07 bits per heavy atom. The predicted octanol–water partition coefficient (Wildman–Crippen LogP) is 3.87. The summed E-state index contributed by atoms with van der Waals surface area (Å²) in [6.07, 6.45) is -0.555. The number of hydrogen-bond acceptors (Lipinski definition) is 8. The fraction of sp³-hybridized carbons (Fsp3) is 0.211. The van der Waals surface area contributed by atoms with Crippen molar-refractivity contribution in [2.45, 2.75) is 18.3 Å². The molecule has 8 heteroatoms. The second kappa shape index (κ2) is 7.32. The first-order valence-corrected chi connectivity index (χ1v) is 9.45. The van der Waals surface area contributed by atoms with E-state index < -0.39 is 6.23 Å². The average molecular weight is 382 g/mol. The van der Waals surface area contributed by atoms with Crippen LogP contribution in [0.4, 0.5) is 5.69 Å². The molecule has 27 heavy (non-hydrogen) atoms. The third-order valence-electron chi connectivity index (χ3n) is 4.11. The molecule has 0 saturated carbocycles. The van der Waals surface area contributed by atoms with Crippen LogP contribution in [-0.4, -0.2) is 33.2 Å². The van der Waals surface area contributed by atoms with Gasteiger partial charge in [0.25, 0.3) is 0 Å². The van der Waals surface area contributed by atoms with Gasteiger partial charge in [0, 0.05) is 16.8 Å². The number of thioether (sulfide) groups is 1. The molecule has 0 spiro atoms. The van der Waals surface area contributed by atoms with E-state index in [2.05, 4.69) is 20.5 Å². The first kappa shape index (κ1) is 17.4. The zero-order valence-electron chi connectivity index (χ0n) is 14.8. The van der Waals surface area contributed by atoms with Crippen molar-refractivity contribution in [3.8, 4) is 28.6 Å². The van der Waals surface area contributed by atoms with E-state index in [1.54, 1.807) is 12.1 Å². The number of phenols is 1. The molecule has 138 valence electrons. The Kier molecular flexibility index (Phi) is 4.72. The maximum Gasteiger partial charge on any atom is 0.247 e. The summed E-state index contributed by atoms with van der Waals surface area (Å²) in [6.45, 7) is 2.03. The number of benzene rings is 2. The van der Waals surface area contributed by atoms with E-state index in [-0.39, 0.29) is 5.75 Å². The summed E-state index contributed by atoms with van der Waals surface area (Å²) in [7, 11) is 1.51. The summed E-state index contributed by atoms with van der Waals surface area (Å²) in [5, 5.41) is 22.6. The maximum absolute atomic E-state index is 10.1. The van der Waals surface area contributed by atoms with Gasteiger partial charge in [-0.25, -0.2) is 0 Å². The van der Waals surface area contributed by atoms with Crippen molar-refractivity contribution in [1.82, 2.24) is 15.2 Å². The van der Waals surface area contributed by atoms with Crippen molar-refractivity contribution >= 4 is 17.4 Å². The summed E-state index contributed by atoms with van der Waals surface area (Å²) in [5.74, 6) is 1.68. The second-order valence-electron chi connectivity index (χ2n) is 5.80. The molecule has 0 aliphatic carbocycles. The number of rotatable bonds is 4. The summed E-state index contributed by atoms with van der Waals surface area (Å²) in [6, 6.07) is 12.9. The number of aromatic nitrogens is 3. The molecule has 4 rings (SSSR count). The van der Waals surface area contributed by atoms with Crippen LogP contribution in [-0.2, 0) is 0 Å². The smallest absolute Gasteiger partial charge is 0.247 e. The number of para-hydroxylation sites is 1. The lowest BCUT2D eigenvalue weighted by Gasteiger charge is -2.20. The number of anilines is 1. The maximum atomic E-state index is 10.1. The van der Waals surface area contributed by atoms with Crippen molar-refractivity contribution in [2.75, 3.05) is 18.2 Å². The van der Waals surface area contributed by atoms with E-state index in [9.17, 15) is 5.11 Å². The summed E-state index contributed by atoms with van der Waals surface area (Å²) in [4.78, 5) is 4.53. The lowest BCUT2D eigenvalue weighted by Crippen LogP contribution is -2.17. The molecule has 0 amide bonds. The molecule has 0 saturated heterocycles. The molecule has 1 aliphatic rings. The molecule has 2 N–H and O–H groups in total. The molecule has 2 heterocycles. The van der Waals surface area contributed by atoms with Gasteiger partial charge in [0.2, 0.25) is 11.0 Å². The van der Waals surface area contributed by atoms with Crippen molar-refractivity contribution in [3.63, 3.8) is 0 Å². The fourth-order valence-electron chi connectivity index (χ4n) is 2.86. The minimum absolute atomic E-state index is 0.0428. The van der Waals surface area contributed by atoms with Gasteiger partial charge in [0.1, 0.15) is 0 Å². The van der Waals surface area contributed by atoms with Gasteiger partial charge in [-0.3, -0.25) is 0 Å². The van der Waals surface area contributed by atoms with Crippen LogP contribution in [0.15, 0.2) is 47.6 Å². The number of ether oxygens (including phenoxy) is 2. The highest BCUT2D eigenvalue weighted by atomic mass is 32.2. The van der Waals surface area contributed by atoms with Crippen molar-refractivity contribution in [1.29, 1.82) is 0 Å². The van der Waals surface area contributed by atoms with E-state index in [1.165, 1.54) is 18.9 Å². The van der Waals surface area contributed by atoms with Gasteiger partial charge < -0.3 is 19.9 Å². The SMILES string of the molecule is CCSc1nnc2c(n1)O[C@H](c1ccc(OC)c(O)c1)Nc1ccccc1-2. The molecule has 1 aliphatic heterocycles. The fourth-order valence-corrected chi connectivity index (χ4v) is 3.36. The predicted molar refractivity (Wildman–Crippen MR) is 103 cm³/mol. The number of aromatic hydroxyl groups is 1. The lowest BCUT2D eigenvalue weighted by atomic mass is 10.1. The van der Waals surface area contributed by atoms with Crippen LogP contribution in [0, 0.1) is 0 Å². The van der Waals surface area contributed by atoms with Crippen LogP contribution < -0.4 is 14.8 Å². The quantitative estimate of drug-likeness (QED) is 0.658.